The zero-order valence-electron chi connectivity index (χ0n) is 11.5. The third-order valence-corrected chi connectivity index (χ3v) is 3.75. The molecule has 1 atom stereocenters. The zero-order valence-corrected chi connectivity index (χ0v) is 11.5. The van der Waals surface area contributed by atoms with Crippen molar-refractivity contribution >= 4 is 0 Å². The number of piperazine rings is 1. The molecule has 0 amide bonds. The summed E-state index contributed by atoms with van der Waals surface area (Å²) in [4.78, 5) is 2.55. The summed E-state index contributed by atoms with van der Waals surface area (Å²) in [5.74, 6) is 1.55. The summed E-state index contributed by atoms with van der Waals surface area (Å²) in [5.41, 5.74) is 1.38. The van der Waals surface area contributed by atoms with Gasteiger partial charge in [0, 0.05) is 26.2 Å². The first-order valence-corrected chi connectivity index (χ1v) is 6.86. The van der Waals surface area contributed by atoms with E-state index in [4.69, 9.17) is 4.74 Å². The predicted octanol–water partition coefficient (Wildman–Crippen LogP) is 2.09. The Morgan fingerprint density at radius 1 is 1.33 bits per heavy atom. The molecule has 1 unspecified atom stereocenters. The molecule has 0 aliphatic carbocycles. The number of hydrogen-bond acceptors (Lipinski definition) is 3. The summed E-state index contributed by atoms with van der Waals surface area (Å²) in [6, 6.07) is 8.44. The molecule has 0 saturated carbocycles. The Balaban J connectivity index is 1.84. The number of methoxy groups -OCH3 is 1. The maximum Gasteiger partial charge on any atom is 0.119 e. The molecule has 18 heavy (non-hydrogen) atoms. The number of nitrogens with one attached hydrogen (secondary N) is 1. The van der Waals surface area contributed by atoms with Crippen molar-refractivity contribution in [1.29, 1.82) is 0 Å². The Morgan fingerprint density at radius 3 is 2.83 bits per heavy atom. The molecule has 1 aliphatic heterocycles. The van der Waals surface area contributed by atoms with Crippen LogP contribution in [0.2, 0.25) is 0 Å². The van der Waals surface area contributed by atoms with Gasteiger partial charge in [-0.2, -0.15) is 0 Å². The van der Waals surface area contributed by atoms with Gasteiger partial charge in [0.1, 0.15) is 5.75 Å². The lowest BCUT2D eigenvalue weighted by Gasteiger charge is -2.28. The average molecular weight is 248 g/mol. The fraction of sp³-hybridized carbons (Fsp3) is 0.600. The van der Waals surface area contributed by atoms with Crippen molar-refractivity contribution in [3.63, 3.8) is 0 Å². The van der Waals surface area contributed by atoms with E-state index in [0.29, 0.717) is 5.92 Å². The summed E-state index contributed by atoms with van der Waals surface area (Å²) < 4.78 is 5.28. The number of benzene rings is 1. The van der Waals surface area contributed by atoms with Crippen LogP contribution >= 0.6 is 0 Å². The number of hydrogen-bond donors (Lipinski definition) is 1. The fourth-order valence-corrected chi connectivity index (χ4v) is 2.43. The van der Waals surface area contributed by atoms with Crippen LogP contribution in [0.25, 0.3) is 0 Å². The minimum atomic E-state index is 0.593. The van der Waals surface area contributed by atoms with E-state index in [9.17, 15) is 0 Å². The van der Waals surface area contributed by atoms with Crippen molar-refractivity contribution in [3.05, 3.63) is 29.8 Å². The Labute approximate surface area is 110 Å². The van der Waals surface area contributed by atoms with Crippen LogP contribution in [-0.4, -0.2) is 44.7 Å². The maximum absolute atomic E-state index is 5.28. The van der Waals surface area contributed by atoms with Gasteiger partial charge in [-0.15, -0.1) is 0 Å². The molecule has 100 valence electrons. The van der Waals surface area contributed by atoms with Gasteiger partial charge in [-0.05, 0) is 36.6 Å². The van der Waals surface area contributed by atoms with Crippen molar-refractivity contribution in [2.75, 3.05) is 39.8 Å². The minimum absolute atomic E-state index is 0.593. The van der Waals surface area contributed by atoms with E-state index in [-0.39, 0.29) is 0 Å². The smallest absolute Gasteiger partial charge is 0.119 e. The maximum atomic E-state index is 5.28. The lowest BCUT2D eigenvalue weighted by molar-refractivity contribution is 0.234. The molecule has 3 heteroatoms. The predicted molar refractivity (Wildman–Crippen MR) is 75.3 cm³/mol. The van der Waals surface area contributed by atoms with Gasteiger partial charge < -0.3 is 15.0 Å². The first kappa shape index (κ1) is 13.4. The van der Waals surface area contributed by atoms with Gasteiger partial charge >= 0.3 is 0 Å². The van der Waals surface area contributed by atoms with Crippen LogP contribution in [0.15, 0.2) is 24.3 Å². The highest BCUT2D eigenvalue weighted by atomic mass is 16.5. The van der Waals surface area contributed by atoms with E-state index in [1.54, 1.807) is 7.11 Å². The standard InChI is InChI=1S/C15H24N2O/c1-13(6-9-17-10-7-16-8-11-17)14-4-3-5-15(12-14)18-2/h3-5,12-13,16H,6-11H2,1-2H3. The highest BCUT2D eigenvalue weighted by molar-refractivity contribution is 5.30. The first-order valence-electron chi connectivity index (χ1n) is 6.86. The molecule has 1 heterocycles. The molecule has 2 rings (SSSR count). The van der Waals surface area contributed by atoms with Crippen molar-refractivity contribution in [3.8, 4) is 5.75 Å². The zero-order chi connectivity index (χ0) is 12.8. The molecule has 0 aromatic heterocycles. The lowest BCUT2D eigenvalue weighted by atomic mass is 9.97. The van der Waals surface area contributed by atoms with E-state index in [1.165, 1.54) is 31.6 Å². The fourth-order valence-electron chi connectivity index (χ4n) is 2.43. The Kier molecular flexibility index (Phi) is 5.02. The Bertz CT molecular complexity index is 361. The second-order valence-corrected chi connectivity index (χ2v) is 5.06. The summed E-state index contributed by atoms with van der Waals surface area (Å²) in [6.07, 6.45) is 1.22. The van der Waals surface area contributed by atoms with Crippen LogP contribution in [0.1, 0.15) is 24.8 Å². The normalized spacial score (nSPS) is 18.6. The van der Waals surface area contributed by atoms with Crippen LogP contribution in [0.5, 0.6) is 5.75 Å². The molecule has 0 spiro atoms. The third kappa shape index (κ3) is 3.72. The largest absolute Gasteiger partial charge is 0.497 e. The van der Waals surface area contributed by atoms with E-state index < -0.39 is 0 Å². The molecular formula is C15H24N2O. The van der Waals surface area contributed by atoms with Crippen molar-refractivity contribution < 1.29 is 4.74 Å². The van der Waals surface area contributed by atoms with Crippen molar-refractivity contribution in [1.82, 2.24) is 10.2 Å². The van der Waals surface area contributed by atoms with E-state index in [0.717, 1.165) is 18.8 Å². The molecule has 1 fully saturated rings. The van der Waals surface area contributed by atoms with E-state index >= 15 is 0 Å². The van der Waals surface area contributed by atoms with Gasteiger partial charge in [0.05, 0.1) is 7.11 Å². The van der Waals surface area contributed by atoms with Gasteiger partial charge in [0.15, 0.2) is 0 Å². The molecular weight excluding hydrogens is 224 g/mol. The number of nitrogens with zero attached hydrogens (tertiary/aromatic N) is 1. The SMILES string of the molecule is COc1cccc(C(C)CCN2CCNCC2)c1. The van der Waals surface area contributed by atoms with E-state index in [2.05, 4.69) is 35.3 Å². The van der Waals surface area contributed by atoms with Crippen LogP contribution in [0.4, 0.5) is 0 Å². The van der Waals surface area contributed by atoms with Crippen LogP contribution in [0.3, 0.4) is 0 Å². The van der Waals surface area contributed by atoms with Crippen LogP contribution in [0, 0.1) is 0 Å². The molecule has 1 N–H and O–H groups in total. The van der Waals surface area contributed by atoms with Crippen molar-refractivity contribution in [2.24, 2.45) is 0 Å². The third-order valence-electron chi connectivity index (χ3n) is 3.75. The molecule has 1 saturated heterocycles. The molecule has 0 bridgehead atoms. The molecule has 1 aromatic rings. The van der Waals surface area contributed by atoms with Crippen LogP contribution < -0.4 is 10.1 Å². The molecule has 3 nitrogen and oxygen atoms in total. The molecule has 1 aliphatic rings. The lowest BCUT2D eigenvalue weighted by Crippen LogP contribution is -2.43. The molecule has 1 aromatic carbocycles. The quantitative estimate of drug-likeness (QED) is 0.863. The Morgan fingerprint density at radius 2 is 2.11 bits per heavy atom. The summed E-state index contributed by atoms with van der Waals surface area (Å²) in [6.45, 7) is 8.13. The van der Waals surface area contributed by atoms with Gasteiger partial charge in [-0.25, -0.2) is 0 Å². The topological polar surface area (TPSA) is 24.5 Å². The van der Waals surface area contributed by atoms with Crippen LogP contribution in [-0.2, 0) is 0 Å². The molecule has 0 radical (unpaired) electrons. The minimum Gasteiger partial charge on any atom is -0.497 e. The van der Waals surface area contributed by atoms with Crippen molar-refractivity contribution in [2.45, 2.75) is 19.3 Å². The Hall–Kier alpha value is -1.06. The first-order chi connectivity index (χ1) is 8.79. The second-order valence-electron chi connectivity index (χ2n) is 5.06. The average Bonchev–Trinajstić information content (AvgIpc) is 2.46. The van der Waals surface area contributed by atoms with E-state index in [1.807, 2.05) is 6.07 Å². The highest BCUT2D eigenvalue weighted by Crippen LogP contribution is 2.23. The van der Waals surface area contributed by atoms with Gasteiger partial charge in [0.25, 0.3) is 0 Å². The highest BCUT2D eigenvalue weighted by Gasteiger charge is 2.12. The summed E-state index contributed by atoms with van der Waals surface area (Å²) >= 11 is 0. The van der Waals surface area contributed by atoms with Gasteiger partial charge in [-0.3, -0.25) is 0 Å². The van der Waals surface area contributed by atoms with Gasteiger partial charge in [0.2, 0.25) is 0 Å². The number of rotatable bonds is 5. The van der Waals surface area contributed by atoms with Gasteiger partial charge in [-0.1, -0.05) is 19.1 Å². The monoisotopic (exact) mass is 248 g/mol. The second kappa shape index (κ2) is 6.76. The summed E-state index contributed by atoms with van der Waals surface area (Å²) in [7, 11) is 1.73. The summed E-state index contributed by atoms with van der Waals surface area (Å²) in [5, 5.41) is 3.39. The number of ether oxygens (including phenoxy) is 1.